The van der Waals surface area contributed by atoms with Crippen LogP contribution in [0.1, 0.15) is 60.3 Å². The van der Waals surface area contributed by atoms with Gasteiger partial charge in [0.05, 0.1) is 17.6 Å². The van der Waals surface area contributed by atoms with Gasteiger partial charge in [-0.25, -0.2) is 0 Å². The minimum Gasteiger partial charge on any atom is -0.379 e. The Labute approximate surface area is 101 Å². The number of hydrogen-bond acceptors (Lipinski definition) is 2. The molecule has 0 N–H and O–H groups in total. The Balaban J connectivity index is 3.44. The molecule has 2 nitrogen and oxygen atoms in total. The van der Waals surface area contributed by atoms with Crippen LogP contribution in [0.3, 0.4) is 0 Å². The maximum absolute atomic E-state index is 8.86. The van der Waals surface area contributed by atoms with Gasteiger partial charge in [-0.2, -0.15) is 5.26 Å². The molecule has 1 unspecified atom stereocenters. The molecule has 0 rings (SSSR count). The first-order valence-electron chi connectivity index (χ1n) is 6.40. The van der Waals surface area contributed by atoms with E-state index < -0.39 is 0 Å². The molecule has 0 amide bonds. The summed E-state index contributed by atoms with van der Waals surface area (Å²) < 4.78 is 5.72. The number of hydrogen-bond donors (Lipinski definition) is 0. The Bertz CT molecular complexity index is 215. The van der Waals surface area contributed by atoms with Gasteiger partial charge < -0.3 is 4.74 Å². The van der Waals surface area contributed by atoms with Gasteiger partial charge in [-0.1, -0.05) is 13.8 Å². The van der Waals surface area contributed by atoms with E-state index in [1.165, 1.54) is 0 Å². The third-order valence-corrected chi connectivity index (χ3v) is 2.70. The van der Waals surface area contributed by atoms with Gasteiger partial charge in [0.1, 0.15) is 0 Å². The van der Waals surface area contributed by atoms with E-state index in [0.717, 1.165) is 32.3 Å². The lowest BCUT2D eigenvalue weighted by Crippen LogP contribution is -2.13. The fourth-order valence-corrected chi connectivity index (χ4v) is 1.74. The lowest BCUT2D eigenvalue weighted by molar-refractivity contribution is 0.0487. The van der Waals surface area contributed by atoms with Gasteiger partial charge in [-0.05, 0) is 52.4 Å². The van der Waals surface area contributed by atoms with Crippen LogP contribution < -0.4 is 0 Å². The molecule has 0 aromatic rings. The third kappa shape index (κ3) is 8.73. The van der Waals surface area contributed by atoms with Crippen LogP contribution in [0.5, 0.6) is 0 Å². The highest BCUT2D eigenvalue weighted by atomic mass is 16.5. The molecule has 94 valence electrons. The van der Waals surface area contributed by atoms with E-state index >= 15 is 0 Å². The SMILES string of the molecule is CC(C)CC(C)OCCCCC(C)(C)C#N. The summed E-state index contributed by atoms with van der Waals surface area (Å²) in [6.07, 6.45) is 4.60. The van der Waals surface area contributed by atoms with Gasteiger partial charge in [0.25, 0.3) is 0 Å². The Morgan fingerprint density at radius 1 is 1.19 bits per heavy atom. The molecule has 0 bridgehead atoms. The van der Waals surface area contributed by atoms with Crippen molar-refractivity contribution in [1.29, 1.82) is 5.26 Å². The van der Waals surface area contributed by atoms with Crippen molar-refractivity contribution in [2.24, 2.45) is 11.3 Å². The Kier molecular flexibility index (Phi) is 7.42. The molecule has 0 saturated heterocycles. The molecule has 0 aliphatic rings. The topological polar surface area (TPSA) is 33.0 Å². The van der Waals surface area contributed by atoms with Crippen molar-refractivity contribution in [1.82, 2.24) is 0 Å². The Morgan fingerprint density at radius 3 is 2.31 bits per heavy atom. The maximum atomic E-state index is 8.86. The van der Waals surface area contributed by atoms with Gasteiger partial charge >= 0.3 is 0 Å². The zero-order valence-electron chi connectivity index (χ0n) is 11.5. The second-order valence-electron chi connectivity index (χ2n) is 5.76. The summed E-state index contributed by atoms with van der Waals surface area (Å²) >= 11 is 0. The number of ether oxygens (including phenoxy) is 1. The van der Waals surface area contributed by atoms with Gasteiger partial charge in [0, 0.05) is 6.61 Å². The summed E-state index contributed by atoms with van der Waals surface area (Å²) in [5.41, 5.74) is -0.177. The molecule has 0 aliphatic carbocycles. The molecule has 1 atom stereocenters. The van der Waals surface area contributed by atoms with Gasteiger partial charge in [-0.3, -0.25) is 0 Å². The predicted molar refractivity (Wildman–Crippen MR) is 68.1 cm³/mol. The smallest absolute Gasteiger partial charge is 0.0683 e. The second-order valence-corrected chi connectivity index (χ2v) is 5.76. The standard InChI is InChI=1S/C14H27NO/c1-12(2)10-13(3)16-9-7-6-8-14(4,5)11-15/h12-13H,6-10H2,1-5H3. The fourth-order valence-electron chi connectivity index (χ4n) is 1.74. The number of unbranched alkanes of at least 4 members (excludes halogenated alkanes) is 1. The second kappa shape index (κ2) is 7.68. The van der Waals surface area contributed by atoms with Crippen LogP contribution in [0.2, 0.25) is 0 Å². The molecule has 0 saturated carbocycles. The molecular weight excluding hydrogens is 198 g/mol. The van der Waals surface area contributed by atoms with Gasteiger partial charge in [0.15, 0.2) is 0 Å². The molecule has 0 radical (unpaired) electrons. The van der Waals surface area contributed by atoms with E-state index in [1.54, 1.807) is 0 Å². The first-order chi connectivity index (χ1) is 7.37. The van der Waals surface area contributed by atoms with Crippen LogP contribution in [0.4, 0.5) is 0 Å². The molecule has 0 aromatic carbocycles. The van der Waals surface area contributed by atoms with Crippen LogP contribution >= 0.6 is 0 Å². The predicted octanol–water partition coefficient (Wildman–Crippen LogP) is 4.16. The van der Waals surface area contributed by atoms with E-state index in [9.17, 15) is 0 Å². The summed E-state index contributed by atoms with van der Waals surface area (Å²) in [5.74, 6) is 0.701. The molecule has 0 fully saturated rings. The average Bonchev–Trinajstić information content (AvgIpc) is 2.16. The van der Waals surface area contributed by atoms with Gasteiger partial charge in [0.2, 0.25) is 0 Å². The first kappa shape index (κ1) is 15.4. The molecule has 0 spiro atoms. The number of nitrogens with zero attached hydrogens (tertiary/aromatic N) is 1. The van der Waals surface area contributed by atoms with E-state index in [1.807, 2.05) is 13.8 Å². The van der Waals surface area contributed by atoms with Crippen molar-refractivity contribution in [2.45, 2.75) is 66.4 Å². The highest BCUT2D eigenvalue weighted by molar-refractivity contribution is 4.91. The van der Waals surface area contributed by atoms with Crippen LogP contribution in [-0.4, -0.2) is 12.7 Å². The first-order valence-corrected chi connectivity index (χ1v) is 6.40. The summed E-state index contributed by atoms with van der Waals surface area (Å²) in [6.45, 7) is 11.4. The summed E-state index contributed by atoms with van der Waals surface area (Å²) in [5, 5.41) is 8.86. The summed E-state index contributed by atoms with van der Waals surface area (Å²) in [7, 11) is 0. The van der Waals surface area contributed by atoms with Crippen molar-refractivity contribution in [3.8, 4) is 6.07 Å². The number of nitriles is 1. The van der Waals surface area contributed by atoms with Crippen molar-refractivity contribution in [3.63, 3.8) is 0 Å². The van der Waals surface area contributed by atoms with Crippen LogP contribution in [-0.2, 0) is 4.74 Å². The van der Waals surface area contributed by atoms with E-state index in [-0.39, 0.29) is 5.41 Å². The minimum atomic E-state index is -0.177. The Hall–Kier alpha value is -0.550. The summed E-state index contributed by atoms with van der Waals surface area (Å²) in [4.78, 5) is 0. The van der Waals surface area contributed by atoms with E-state index in [2.05, 4.69) is 26.8 Å². The van der Waals surface area contributed by atoms with Gasteiger partial charge in [-0.15, -0.1) is 0 Å². The zero-order chi connectivity index (χ0) is 12.6. The maximum Gasteiger partial charge on any atom is 0.0683 e. The average molecular weight is 225 g/mol. The summed E-state index contributed by atoms with van der Waals surface area (Å²) in [6, 6.07) is 2.33. The normalized spacial score (nSPS) is 13.8. The molecule has 0 aromatic heterocycles. The lowest BCUT2D eigenvalue weighted by atomic mass is 9.89. The Morgan fingerprint density at radius 2 is 1.81 bits per heavy atom. The minimum absolute atomic E-state index is 0.177. The fraction of sp³-hybridized carbons (Fsp3) is 0.929. The third-order valence-electron chi connectivity index (χ3n) is 2.70. The largest absolute Gasteiger partial charge is 0.379 e. The number of rotatable bonds is 8. The van der Waals surface area contributed by atoms with Crippen LogP contribution in [0.15, 0.2) is 0 Å². The molecule has 0 aliphatic heterocycles. The highest BCUT2D eigenvalue weighted by Crippen LogP contribution is 2.21. The molecule has 2 heteroatoms. The highest BCUT2D eigenvalue weighted by Gasteiger charge is 2.15. The van der Waals surface area contributed by atoms with E-state index in [0.29, 0.717) is 12.0 Å². The molecule has 16 heavy (non-hydrogen) atoms. The monoisotopic (exact) mass is 225 g/mol. The van der Waals surface area contributed by atoms with Crippen molar-refractivity contribution in [2.75, 3.05) is 6.61 Å². The van der Waals surface area contributed by atoms with Crippen molar-refractivity contribution < 1.29 is 4.74 Å². The van der Waals surface area contributed by atoms with Crippen LogP contribution in [0, 0.1) is 22.7 Å². The van der Waals surface area contributed by atoms with Crippen molar-refractivity contribution >= 4 is 0 Å². The van der Waals surface area contributed by atoms with Crippen LogP contribution in [0.25, 0.3) is 0 Å². The van der Waals surface area contributed by atoms with Crippen molar-refractivity contribution in [3.05, 3.63) is 0 Å². The molecule has 0 heterocycles. The quantitative estimate of drug-likeness (QED) is 0.581. The zero-order valence-corrected chi connectivity index (χ0v) is 11.5. The lowest BCUT2D eigenvalue weighted by Gasteiger charge is -2.17. The molecular formula is C14H27NO. The van der Waals surface area contributed by atoms with E-state index in [4.69, 9.17) is 10.00 Å².